The lowest BCUT2D eigenvalue weighted by molar-refractivity contribution is -0.157. The third-order valence-electron chi connectivity index (χ3n) is 1.11. The fourth-order valence-corrected chi connectivity index (χ4v) is 0.593. The second kappa shape index (κ2) is 6.19. The number of aliphatic hydroxyl groups excluding tert-OH is 1. The van der Waals surface area contributed by atoms with Gasteiger partial charge in [-0.15, -0.1) is 0 Å². The van der Waals surface area contributed by atoms with Crippen molar-refractivity contribution in [3.8, 4) is 0 Å². The number of hydrogen-bond acceptors (Lipinski definition) is 5. The minimum Gasteiger partial charge on any atom is -0.458 e. The molecular weight excluding hydrogens is 176 g/mol. The molecule has 0 radical (unpaired) electrons. The van der Waals surface area contributed by atoms with E-state index in [-0.39, 0.29) is 13.2 Å². The molecule has 5 heteroatoms. The van der Waals surface area contributed by atoms with E-state index in [4.69, 9.17) is 5.11 Å². The van der Waals surface area contributed by atoms with E-state index < -0.39 is 18.0 Å². The molecule has 0 aliphatic carbocycles. The van der Waals surface area contributed by atoms with Crippen molar-refractivity contribution in [2.45, 2.75) is 13.0 Å². The summed E-state index contributed by atoms with van der Waals surface area (Å²) in [5.74, 6) is -1.15. The first-order valence-corrected chi connectivity index (χ1v) is 3.67. The van der Waals surface area contributed by atoms with Crippen molar-refractivity contribution in [3.63, 3.8) is 0 Å². The minimum absolute atomic E-state index is 0.166. The predicted molar refractivity (Wildman–Crippen MR) is 43.8 cm³/mol. The van der Waals surface area contributed by atoms with Crippen LogP contribution in [-0.2, 0) is 19.1 Å². The Morgan fingerprint density at radius 2 is 2.23 bits per heavy atom. The third kappa shape index (κ3) is 5.86. The van der Waals surface area contributed by atoms with Crippen molar-refractivity contribution in [3.05, 3.63) is 12.7 Å². The van der Waals surface area contributed by atoms with E-state index in [2.05, 4.69) is 16.1 Å². The highest BCUT2D eigenvalue weighted by molar-refractivity contribution is 5.81. The number of hydrogen-bond donors (Lipinski definition) is 1. The first-order chi connectivity index (χ1) is 6.10. The maximum absolute atomic E-state index is 10.6. The molecule has 0 aliphatic rings. The van der Waals surface area contributed by atoms with Gasteiger partial charge < -0.3 is 14.6 Å². The van der Waals surface area contributed by atoms with Crippen LogP contribution in [0.25, 0.3) is 0 Å². The average molecular weight is 188 g/mol. The van der Waals surface area contributed by atoms with E-state index >= 15 is 0 Å². The van der Waals surface area contributed by atoms with Gasteiger partial charge in [-0.1, -0.05) is 6.58 Å². The van der Waals surface area contributed by atoms with Crippen molar-refractivity contribution >= 4 is 11.9 Å². The molecule has 0 bridgehead atoms. The summed E-state index contributed by atoms with van der Waals surface area (Å²) in [7, 11) is 0. The first-order valence-electron chi connectivity index (χ1n) is 3.67. The van der Waals surface area contributed by atoms with Crippen LogP contribution in [0.2, 0.25) is 0 Å². The first kappa shape index (κ1) is 11.6. The van der Waals surface area contributed by atoms with Gasteiger partial charge in [0.2, 0.25) is 0 Å². The Morgan fingerprint density at radius 1 is 1.62 bits per heavy atom. The minimum atomic E-state index is -0.804. The van der Waals surface area contributed by atoms with Crippen LogP contribution in [-0.4, -0.2) is 36.4 Å². The average Bonchev–Trinajstić information content (AvgIpc) is 2.10. The van der Waals surface area contributed by atoms with Gasteiger partial charge in [-0.3, -0.25) is 4.79 Å². The maximum Gasteiger partial charge on any atom is 0.330 e. The molecule has 1 atom stereocenters. The van der Waals surface area contributed by atoms with E-state index in [9.17, 15) is 9.59 Å². The molecule has 0 aromatic heterocycles. The quantitative estimate of drug-likeness (QED) is 0.471. The SMILES string of the molecule is C=CC(=O)OCC(CO)OC(C)=O. The number of carbonyl (C=O) groups is 2. The Balaban J connectivity index is 3.77. The highest BCUT2D eigenvalue weighted by Crippen LogP contribution is 1.94. The number of esters is 2. The zero-order valence-electron chi connectivity index (χ0n) is 7.36. The molecule has 13 heavy (non-hydrogen) atoms. The number of carbonyl (C=O) groups excluding carboxylic acids is 2. The van der Waals surface area contributed by atoms with Gasteiger partial charge in [0.25, 0.3) is 0 Å². The van der Waals surface area contributed by atoms with Crippen LogP contribution < -0.4 is 0 Å². The normalized spacial score (nSPS) is 11.5. The molecule has 0 rings (SSSR count). The lowest BCUT2D eigenvalue weighted by Gasteiger charge is -2.13. The van der Waals surface area contributed by atoms with Crippen molar-refractivity contribution < 1.29 is 24.2 Å². The Labute approximate surface area is 75.9 Å². The summed E-state index contributed by atoms with van der Waals surface area (Å²) < 4.78 is 9.14. The topological polar surface area (TPSA) is 72.8 Å². The zero-order valence-corrected chi connectivity index (χ0v) is 7.36. The monoisotopic (exact) mass is 188 g/mol. The van der Waals surface area contributed by atoms with Gasteiger partial charge in [0.1, 0.15) is 6.61 Å². The molecule has 1 unspecified atom stereocenters. The lowest BCUT2D eigenvalue weighted by atomic mass is 10.4. The third-order valence-corrected chi connectivity index (χ3v) is 1.11. The lowest BCUT2D eigenvalue weighted by Crippen LogP contribution is -2.27. The van der Waals surface area contributed by atoms with Crippen molar-refractivity contribution in [2.24, 2.45) is 0 Å². The standard InChI is InChI=1S/C8H12O5/c1-3-8(11)12-5-7(4-9)13-6(2)10/h3,7,9H,1,4-5H2,2H3. The molecular formula is C8H12O5. The fraction of sp³-hybridized carbons (Fsp3) is 0.500. The molecule has 74 valence electrons. The van der Waals surface area contributed by atoms with Crippen LogP contribution >= 0.6 is 0 Å². The molecule has 1 N–H and O–H groups in total. The van der Waals surface area contributed by atoms with Gasteiger partial charge in [-0.05, 0) is 0 Å². The largest absolute Gasteiger partial charge is 0.458 e. The fourth-order valence-electron chi connectivity index (χ4n) is 0.593. The molecule has 0 aromatic rings. The molecule has 0 saturated heterocycles. The van der Waals surface area contributed by atoms with Gasteiger partial charge in [0.05, 0.1) is 6.61 Å². The van der Waals surface area contributed by atoms with Gasteiger partial charge in [0.15, 0.2) is 6.10 Å². The zero-order chi connectivity index (χ0) is 10.3. The summed E-state index contributed by atoms with van der Waals surface area (Å²) in [5.41, 5.74) is 0. The van der Waals surface area contributed by atoms with E-state index in [0.29, 0.717) is 0 Å². The summed E-state index contributed by atoms with van der Waals surface area (Å²) in [6.45, 7) is 3.84. The smallest absolute Gasteiger partial charge is 0.330 e. The van der Waals surface area contributed by atoms with Gasteiger partial charge >= 0.3 is 11.9 Å². The molecule has 0 spiro atoms. The Kier molecular flexibility index (Phi) is 5.54. The summed E-state index contributed by atoms with van der Waals surface area (Å²) in [6.07, 6.45) is 0.184. The summed E-state index contributed by atoms with van der Waals surface area (Å²) >= 11 is 0. The van der Waals surface area contributed by atoms with Crippen LogP contribution in [0, 0.1) is 0 Å². The Hall–Kier alpha value is -1.36. The molecule has 0 saturated carbocycles. The van der Waals surface area contributed by atoms with Gasteiger partial charge in [-0.25, -0.2) is 4.79 Å². The van der Waals surface area contributed by atoms with E-state index in [1.165, 1.54) is 6.92 Å². The molecule has 0 aromatic carbocycles. The van der Waals surface area contributed by atoms with Crippen LogP contribution in [0.15, 0.2) is 12.7 Å². The summed E-state index contributed by atoms with van der Waals surface area (Å²) in [5, 5.41) is 8.67. The van der Waals surface area contributed by atoms with E-state index in [1.807, 2.05) is 0 Å². The second-order valence-electron chi connectivity index (χ2n) is 2.25. The van der Waals surface area contributed by atoms with Crippen LogP contribution in [0.5, 0.6) is 0 Å². The molecule has 0 amide bonds. The highest BCUT2D eigenvalue weighted by atomic mass is 16.6. The van der Waals surface area contributed by atoms with E-state index in [0.717, 1.165) is 6.08 Å². The number of ether oxygens (including phenoxy) is 2. The van der Waals surface area contributed by atoms with Crippen molar-refractivity contribution in [1.29, 1.82) is 0 Å². The van der Waals surface area contributed by atoms with Crippen LogP contribution in [0.3, 0.4) is 0 Å². The highest BCUT2D eigenvalue weighted by Gasteiger charge is 2.12. The van der Waals surface area contributed by atoms with E-state index in [1.54, 1.807) is 0 Å². The predicted octanol–water partition coefficient (Wildman–Crippen LogP) is -0.360. The van der Waals surface area contributed by atoms with Gasteiger partial charge in [-0.2, -0.15) is 0 Å². The summed E-state index contributed by atoms with van der Waals surface area (Å²) in [4.78, 5) is 21.0. The van der Waals surface area contributed by atoms with Crippen LogP contribution in [0.4, 0.5) is 0 Å². The molecule has 0 aliphatic heterocycles. The maximum atomic E-state index is 10.6. The molecule has 0 fully saturated rings. The summed E-state index contributed by atoms with van der Waals surface area (Å²) in [6, 6.07) is 0. The number of aliphatic hydroxyl groups is 1. The van der Waals surface area contributed by atoms with Crippen LogP contribution in [0.1, 0.15) is 6.92 Å². The van der Waals surface area contributed by atoms with Crippen molar-refractivity contribution in [1.82, 2.24) is 0 Å². The Morgan fingerprint density at radius 3 is 2.62 bits per heavy atom. The van der Waals surface area contributed by atoms with Crippen molar-refractivity contribution in [2.75, 3.05) is 13.2 Å². The molecule has 0 heterocycles. The number of rotatable bonds is 5. The Bertz CT molecular complexity index is 199. The van der Waals surface area contributed by atoms with Gasteiger partial charge in [0, 0.05) is 13.0 Å². The molecule has 5 nitrogen and oxygen atoms in total. The second-order valence-corrected chi connectivity index (χ2v) is 2.25.